The Morgan fingerprint density at radius 3 is 1.41 bits per heavy atom. The first kappa shape index (κ1) is 29.3. The van der Waals surface area contributed by atoms with Gasteiger partial charge in [-0.15, -0.1) is 0 Å². The van der Waals surface area contributed by atoms with E-state index in [1.54, 1.807) is 0 Å². The molecule has 0 aromatic rings. The molecule has 0 aromatic heterocycles. The zero-order valence-electron chi connectivity index (χ0n) is 19.9. The van der Waals surface area contributed by atoms with Crippen molar-refractivity contribution in [3.05, 3.63) is 0 Å². The number of nitrogens with one attached hydrogen (secondary N) is 1. The Balaban J connectivity index is 3.12. The molecule has 0 rings (SSSR count). The molecule has 0 heterocycles. The Morgan fingerprint density at radius 1 is 0.552 bits per heavy atom. The SMILES string of the molecule is CCCCCCCCCCCCCCCCCCNCCO[PH](O)(O)CCCC. The van der Waals surface area contributed by atoms with Gasteiger partial charge in [-0.3, -0.25) is 0 Å². The van der Waals surface area contributed by atoms with Crippen molar-refractivity contribution in [3.8, 4) is 0 Å². The van der Waals surface area contributed by atoms with Crippen LogP contribution in [0.25, 0.3) is 0 Å². The molecule has 0 aliphatic rings. The Hall–Kier alpha value is 0.270. The molecule has 0 aromatic carbocycles. The van der Waals surface area contributed by atoms with Gasteiger partial charge in [-0.2, -0.15) is 0 Å². The van der Waals surface area contributed by atoms with E-state index in [2.05, 4.69) is 12.2 Å². The van der Waals surface area contributed by atoms with E-state index in [0.717, 1.165) is 19.4 Å². The minimum absolute atomic E-state index is 0.405. The first-order valence-electron chi connectivity index (χ1n) is 12.9. The summed E-state index contributed by atoms with van der Waals surface area (Å²) in [6.07, 6.45) is 24.6. The summed E-state index contributed by atoms with van der Waals surface area (Å²) < 4.78 is 5.25. The van der Waals surface area contributed by atoms with Crippen molar-refractivity contribution in [2.24, 2.45) is 0 Å². The van der Waals surface area contributed by atoms with Crippen molar-refractivity contribution in [1.29, 1.82) is 0 Å². The quantitative estimate of drug-likeness (QED) is 0.111. The van der Waals surface area contributed by atoms with Gasteiger partial charge in [-0.1, -0.05) is 64.7 Å². The third-order valence-electron chi connectivity index (χ3n) is 5.68. The van der Waals surface area contributed by atoms with E-state index >= 15 is 0 Å². The van der Waals surface area contributed by atoms with Gasteiger partial charge in [0, 0.05) is 0 Å². The summed E-state index contributed by atoms with van der Waals surface area (Å²) in [5.74, 6) is 0. The van der Waals surface area contributed by atoms with Gasteiger partial charge in [-0.25, -0.2) is 0 Å². The molecule has 178 valence electrons. The normalized spacial score (nSPS) is 12.6. The van der Waals surface area contributed by atoms with Gasteiger partial charge in [-0.05, 0) is 0 Å². The Bertz CT molecular complexity index is 317. The molecule has 5 heteroatoms. The van der Waals surface area contributed by atoms with E-state index in [1.165, 1.54) is 103 Å². The van der Waals surface area contributed by atoms with E-state index in [1.807, 2.05) is 6.92 Å². The Labute approximate surface area is 183 Å². The first-order chi connectivity index (χ1) is 14.1. The predicted octanol–water partition coefficient (Wildman–Crippen LogP) is 7.13. The maximum atomic E-state index is 9.74. The third kappa shape index (κ3) is 24.4. The Morgan fingerprint density at radius 2 is 0.966 bits per heavy atom. The summed E-state index contributed by atoms with van der Waals surface area (Å²) in [5.41, 5.74) is 0. The summed E-state index contributed by atoms with van der Waals surface area (Å²) in [5, 5.41) is 3.34. The van der Waals surface area contributed by atoms with E-state index < -0.39 is 7.94 Å². The molecule has 0 saturated heterocycles. The molecule has 0 spiro atoms. The van der Waals surface area contributed by atoms with Gasteiger partial charge in [0.1, 0.15) is 0 Å². The molecule has 3 N–H and O–H groups in total. The fourth-order valence-corrected chi connectivity index (χ4v) is 5.08. The molecule has 0 aliphatic heterocycles. The molecule has 0 aliphatic carbocycles. The second-order valence-corrected chi connectivity index (χ2v) is 11.0. The maximum absolute atomic E-state index is 9.74. The van der Waals surface area contributed by atoms with E-state index in [9.17, 15) is 9.79 Å². The molecular formula is C24H54NO3P. The van der Waals surface area contributed by atoms with Gasteiger partial charge < -0.3 is 0 Å². The van der Waals surface area contributed by atoms with Crippen LogP contribution in [0.1, 0.15) is 129 Å². The van der Waals surface area contributed by atoms with E-state index in [-0.39, 0.29) is 0 Å². The molecule has 0 amide bonds. The fraction of sp³-hybridized carbons (Fsp3) is 1.00. The molecule has 0 fully saturated rings. The molecule has 4 nitrogen and oxygen atoms in total. The molecule has 0 bridgehead atoms. The average Bonchev–Trinajstić information content (AvgIpc) is 2.71. The summed E-state index contributed by atoms with van der Waals surface area (Å²) in [6.45, 7) is 6.45. The second-order valence-electron chi connectivity index (χ2n) is 8.75. The topological polar surface area (TPSA) is 61.7 Å². The van der Waals surface area contributed by atoms with Crippen LogP contribution in [0.3, 0.4) is 0 Å². The summed E-state index contributed by atoms with van der Waals surface area (Å²) in [7, 11) is -3.38. The monoisotopic (exact) mass is 435 g/mol. The van der Waals surface area contributed by atoms with Crippen molar-refractivity contribution in [1.82, 2.24) is 5.32 Å². The number of hydrogen-bond donors (Lipinski definition) is 3. The zero-order chi connectivity index (χ0) is 21.5. The molecule has 0 unspecified atom stereocenters. The van der Waals surface area contributed by atoms with Crippen molar-refractivity contribution >= 4 is 7.94 Å². The summed E-state index contributed by atoms with van der Waals surface area (Å²) >= 11 is 0. The van der Waals surface area contributed by atoms with Crippen LogP contribution in [0.5, 0.6) is 0 Å². The van der Waals surface area contributed by atoms with E-state index in [0.29, 0.717) is 19.3 Å². The van der Waals surface area contributed by atoms with Crippen LogP contribution in [0, 0.1) is 0 Å². The first-order valence-corrected chi connectivity index (χ1v) is 14.9. The van der Waals surface area contributed by atoms with Crippen LogP contribution in [0.15, 0.2) is 0 Å². The fourth-order valence-electron chi connectivity index (χ4n) is 3.69. The van der Waals surface area contributed by atoms with E-state index in [4.69, 9.17) is 4.52 Å². The molecule has 0 saturated carbocycles. The van der Waals surface area contributed by atoms with Crippen LogP contribution < -0.4 is 5.32 Å². The average molecular weight is 436 g/mol. The van der Waals surface area contributed by atoms with Crippen molar-refractivity contribution in [3.63, 3.8) is 0 Å². The van der Waals surface area contributed by atoms with Gasteiger partial charge in [0.05, 0.1) is 0 Å². The van der Waals surface area contributed by atoms with Crippen molar-refractivity contribution < 1.29 is 14.3 Å². The van der Waals surface area contributed by atoms with Crippen molar-refractivity contribution in [2.75, 3.05) is 25.9 Å². The third-order valence-corrected chi connectivity index (χ3v) is 7.35. The predicted molar refractivity (Wildman–Crippen MR) is 131 cm³/mol. The number of rotatable bonds is 24. The van der Waals surface area contributed by atoms with Gasteiger partial charge in [0.15, 0.2) is 0 Å². The molecular weight excluding hydrogens is 381 g/mol. The van der Waals surface area contributed by atoms with Gasteiger partial charge in [0.2, 0.25) is 0 Å². The Kier molecular flexibility index (Phi) is 23.2. The summed E-state index contributed by atoms with van der Waals surface area (Å²) in [4.78, 5) is 19.5. The van der Waals surface area contributed by atoms with Crippen LogP contribution in [-0.4, -0.2) is 35.6 Å². The molecule has 29 heavy (non-hydrogen) atoms. The minimum atomic E-state index is -3.38. The van der Waals surface area contributed by atoms with Crippen molar-refractivity contribution in [2.45, 2.75) is 129 Å². The summed E-state index contributed by atoms with van der Waals surface area (Å²) in [6, 6.07) is 0. The van der Waals surface area contributed by atoms with Crippen LogP contribution in [0.2, 0.25) is 0 Å². The standard InChI is InChI=1S/C24H54NO3P/c1-3-5-7-8-9-10-11-12-13-14-15-16-17-18-19-20-21-25-22-23-28-29(26,27)24-6-4-2/h25-27,29H,3-24H2,1-2H3. The molecule has 0 radical (unpaired) electrons. The van der Waals surface area contributed by atoms with Crippen LogP contribution in [0.4, 0.5) is 0 Å². The zero-order valence-corrected chi connectivity index (χ0v) is 20.9. The second kappa shape index (κ2) is 22.9. The van der Waals surface area contributed by atoms with Gasteiger partial charge in [0.25, 0.3) is 0 Å². The molecule has 0 atom stereocenters. The van der Waals surface area contributed by atoms with Crippen LogP contribution >= 0.6 is 7.94 Å². The number of unbranched alkanes of at least 4 members (excludes halogenated alkanes) is 16. The van der Waals surface area contributed by atoms with Crippen LogP contribution in [-0.2, 0) is 4.52 Å². The van der Waals surface area contributed by atoms with Gasteiger partial charge >= 0.3 is 118 Å². The number of hydrogen-bond acceptors (Lipinski definition) is 4.